The van der Waals surface area contributed by atoms with Crippen LogP contribution in [0.3, 0.4) is 0 Å². The van der Waals surface area contributed by atoms with Gasteiger partial charge in [-0.2, -0.15) is 8.78 Å². The summed E-state index contributed by atoms with van der Waals surface area (Å²) < 4.78 is 27.3. The molecule has 0 radical (unpaired) electrons. The second-order valence-corrected chi connectivity index (χ2v) is 6.28. The summed E-state index contributed by atoms with van der Waals surface area (Å²) in [5.74, 6) is 0.200. The average Bonchev–Trinajstić information content (AvgIpc) is 3.08. The van der Waals surface area contributed by atoms with E-state index in [2.05, 4.69) is 20.7 Å². The average molecular weight is 405 g/mol. The Balaban J connectivity index is 0.000000378. The molecule has 0 bridgehead atoms. The van der Waals surface area contributed by atoms with Crippen LogP contribution >= 0.6 is 0 Å². The van der Waals surface area contributed by atoms with Gasteiger partial charge in [0, 0.05) is 12.6 Å². The van der Waals surface area contributed by atoms with E-state index in [1.165, 1.54) is 31.5 Å². The van der Waals surface area contributed by atoms with Crippen LogP contribution in [0.2, 0.25) is 0 Å². The molecule has 1 aromatic rings. The molecule has 2 aliphatic heterocycles. The molecule has 0 spiro atoms. The van der Waals surface area contributed by atoms with Crippen LogP contribution in [-0.2, 0) is 4.79 Å². The van der Waals surface area contributed by atoms with Crippen molar-refractivity contribution in [3.63, 3.8) is 0 Å². The first-order valence-corrected chi connectivity index (χ1v) is 9.29. The van der Waals surface area contributed by atoms with Gasteiger partial charge in [-0.05, 0) is 65.0 Å². The standard InChI is InChI=1S/C8H8F2O.C6H14N2.C4H9NO.CH2O2/c1-6-2-4-7(5-3-6)11-8(9)10;1-7-4-2-6-3-5-8-6;6-4-1-2-5-3-4;2-1-3/h2-5,8H,1H3;6-8H,2-5H2,1H3;4-6H,1-3H2;1H,(H,2,3). The minimum absolute atomic E-state index is 0.0648. The Hall–Kier alpha value is -1.81. The maximum atomic E-state index is 11.6. The molecule has 1 aromatic carbocycles. The van der Waals surface area contributed by atoms with Gasteiger partial charge < -0.3 is 30.9 Å². The Morgan fingerprint density at radius 3 is 2.21 bits per heavy atom. The normalized spacial score (nSPS) is 19.6. The van der Waals surface area contributed by atoms with Crippen molar-refractivity contribution in [1.82, 2.24) is 16.0 Å². The summed E-state index contributed by atoms with van der Waals surface area (Å²) in [6, 6.07) is 7.29. The molecular weight excluding hydrogens is 372 g/mol. The van der Waals surface area contributed by atoms with Crippen LogP contribution in [0.4, 0.5) is 8.78 Å². The van der Waals surface area contributed by atoms with E-state index < -0.39 is 6.61 Å². The van der Waals surface area contributed by atoms with Crippen LogP contribution in [0.5, 0.6) is 5.75 Å². The third kappa shape index (κ3) is 15.3. The molecule has 0 aliphatic carbocycles. The lowest BCUT2D eigenvalue weighted by Gasteiger charge is -2.27. The summed E-state index contributed by atoms with van der Waals surface area (Å²) >= 11 is 0. The lowest BCUT2D eigenvalue weighted by Crippen LogP contribution is -2.44. The summed E-state index contributed by atoms with van der Waals surface area (Å²) in [5, 5.41) is 25.0. The van der Waals surface area contributed by atoms with Crippen molar-refractivity contribution in [2.45, 2.75) is 44.9 Å². The van der Waals surface area contributed by atoms with Gasteiger partial charge in [-0.1, -0.05) is 17.7 Å². The maximum absolute atomic E-state index is 11.6. The highest BCUT2D eigenvalue weighted by Crippen LogP contribution is 2.13. The van der Waals surface area contributed by atoms with Gasteiger partial charge in [0.1, 0.15) is 5.75 Å². The van der Waals surface area contributed by atoms with E-state index in [9.17, 15) is 8.78 Å². The Kier molecular flexibility index (Phi) is 16.2. The number of β-amino-alcohol motifs (C(OH)–C–C–N with tert-alkyl or cyclic N) is 1. The third-order valence-electron chi connectivity index (χ3n) is 3.95. The number of hydrogen-bond acceptors (Lipinski definition) is 6. The molecular formula is C19H33F2N3O4. The molecule has 0 saturated carbocycles. The Morgan fingerprint density at radius 2 is 1.89 bits per heavy atom. The number of ether oxygens (including phenoxy) is 1. The molecule has 2 aliphatic rings. The number of rotatable bonds is 5. The first-order chi connectivity index (χ1) is 13.4. The van der Waals surface area contributed by atoms with E-state index in [4.69, 9.17) is 15.0 Å². The topological polar surface area (TPSA) is 103 Å². The molecule has 7 nitrogen and oxygen atoms in total. The van der Waals surface area contributed by atoms with Crippen molar-refractivity contribution in [3.05, 3.63) is 29.8 Å². The van der Waals surface area contributed by atoms with E-state index in [1.807, 2.05) is 14.0 Å². The molecule has 2 saturated heterocycles. The van der Waals surface area contributed by atoms with Gasteiger partial charge in [-0.25, -0.2) is 0 Å². The third-order valence-corrected chi connectivity index (χ3v) is 3.95. The van der Waals surface area contributed by atoms with Gasteiger partial charge in [-0.3, -0.25) is 4.79 Å². The van der Waals surface area contributed by atoms with Crippen LogP contribution in [0.15, 0.2) is 24.3 Å². The highest BCUT2D eigenvalue weighted by atomic mass is 19.3. The molecule has 9 heteroatoms. The maximum Gasteiger partial charge on any atom is 0.387 e. The second-order valence-electron chi connectivity index (χ2n) is 6.28. The van der Waals surface area contributed by atoms with Gasteiger partial charge in [0.15, 0.2) is 0 Å². The Labute approximate surface area is 165 Å². The largest absolute Gasteiger partial charge is 0.483 e. The smallest absolute Gasteiger partial charge is 0.387 e. The lowest BCUT2D eigenvalue weighted by molar-refractivity contribution is -0.122. The lowest BCUT2D eigenvalue weighted by atomic mass is 10.0. The number of benzene rings is 1. The highest BCUT2D eigenvalue weighted by molar-refractivity contribution is 5.32. The van der Waals surface area contributed by atoms with Gasteiger partial charge in [-0.15, -0.1) is 0 Å². The molecule has 162 valence electrons. The number of carbonyl (C=O) groups is 1. The summed E-state index contributed by atoms with van der Waals surface area (Å²) in [7, 11) is 2.00. The SMILES string of the molecule is CNCCC1CCN1.Cc1ccc(OC(F)F)cc1.O=CO.OC1CCNC1. The number of hydrogen-bond donors (Lipinski definition) is 5. The number of alkyl halides is 2. The number of halogens is 2. The van der Waals surface area contributed by atoms with Gasteiger partial charge in [0.25, 0.3) is 6.47 Å². The van der Waals surface area contributed by atoms with Gasteiger partial charge in [0.2, 0.25) is 0 Å². The van der Waals surface area contributed by atoms with Crippen LogP contribution < -0.4 is 20.7 Å². The van der Waals surface area contributed by atoms with E-state index >= 15 is 0 Å². The van der Waals surface area contributed by atoms with E-state index in [1.54, 1.807) is 12.1 Å². The number of carboxylic acid groups (broad SMARTS) is 1. The van der Waals surface area contributed by atoms with Crippen molar-refractivity contribution < 1.29 is 28.5 Å². The van der Waals surface area contributed by atoms with Crippen LogP contribution in [0, 0.1) is 6.92 Å². The molecule has 3 rings (SSSR count). The van der Waals surface area contributed by atoms with Crippen molar-refractivity contribution in [2.75, 3.05) is 33.2 Å². The summed E-state index contributed by atoms with van der Waals surface area (Å²) in [6.45, 7) is 3.05. The minimum atomic E-state index is -2.74. The number of aliphatic hydroxyl groups excluding tert-OH is 1. The van der Waals surface area contributed by atoms with E-state index in [-0.39, 0.29) is 18.3 Å². The monoisotopic (exact) mass is 405 g/mol. The molecule has 2 unspecified atom stereocenters. The zero-order valence-corrected chi connectivity index (χ0v) is 16.5. The van der Waals surface area contributed by atoms with Gasteiger partial charge >= 0.3 is 6.61 Å². The molecule has 5 N–H and O–H groups in total. The first-order valence-electron chi connectivity index (χ1n) is 9.29. The van der Waals surface area contributed by atoms with Crippen molar-refractivity contribution in [3.8, 4) is 5.75 Å². The summed E-state index contributed by atoms with van der Waals surface area (Å²) in [4.78, 5) is 8.36. The quantitative estimate of drug-likeness (QED) is 0.474. The van der Waals surface area contributed by atoms with Gasteiger partial charge in [0.05, 0.1) is 6.10 Å². The van der Waals surface area contributed by atoms with E-state index in [0.29, 0.717) is 0 Å². The second kappa shape index (κ2) is 17.3. The fraction of sp³-hybridized carbons (Fsp3) is 0.632. The molecule has 2 heterocycles. The predicted octanol–water partition coefficient (Wildman–Crippen LogP) is 1.60. The van der Waals surface area contributed by atoms with Crippen LogP contribution in [0.1, 0.15) is 24.8 Å². The molecule has 2 atom stereocenters. The fourth-order valence-electron chi connectivity index (χ4n) is 2.27. The number of nitrogens with one attached hydrogen (secondary N) is 3. The van der Waals surface area contributed by atoms with Crippen molar-refractivity contribution >= 4 is 6.47 Å². The Bertz CT molecular complexity index is 483. The van der Waals surface area contributed by atoms with Crippen LogP contribution in [0.25, 0.3) is 0 Å². The predicted molar refractivity (Wildman–Crippen MR) is 105 cm³/mol. The van der Waals surface area contributed by atoms with Crippen molar-refractivity contribution in [2.24, 2.45) is 0 Å². The van der Waals surface area contributed by atoms with Crippen molar-refractivity contribution in [1.29, 1.82) is 0 Å². The first kappa shape index (κ1) is 26.2. The minimum Gasteiger partial charge on any atom is -0.483 e. The zero-order chi connectivity index (χ0) is 21.2. The summed E-state index contributed by atoms with van der Waals surface area (Å²) in [5.41, 5.74) is 1.02. The molecule has 2 fully saturated rings. The molecule has 0 amide bonds. The van der Waals surface area contributed by atoms with E-state index in [0.717, 1.165) is 37.7 Å². The summed E-state index contributed by atoms with van der Waals surface area (Å²) in [6.07, 6.45) is 3.53. The fourth-order valence-corrected chi connectivity index (χ4v) is 2.27. The molecule has 28 heavy (non-hydrogen) atoms. The molecule has 0 aromatic heterocycles. The Morgan fingerprint density at radius 1 is 1.29 bits per heavy atom. The van der Waals surface area contributed by atoms with Crippen LogP contribution in [-0.4, -0.2) is 68.7 Å². The number of aryl methyl sites for hydroxylation is 1. The highest BCUT2D eigenvalue weighted by Gasteiger charge is 2.14. The number of aliphatic hydroxyl groups is 1. The zero-order valence-electron chi connectivity index (χ0n) is 16.5.